The monoisotopic (exact) mass is 563 g/mol. The summed E-state index contributed by atoms with van der Waals surface area (Å²) in [6, 6.07) is 8.72. The SMILES string of the molecule is C[C@H]1C[C@@H](c2ccncc2CC(=O)c2ccc(F)c(-c3c(F)cc(Oc4ccncc4)cc3F)n2)C[C@@H](O)[C@]1(C)O. The topological polar surface area (TPSA) is 105 Å². The van der Waals surface area contributed by atoms with E-state index in [-0.39, 0.29) is 29.7 Å². The summed E-state index contributed by atoms with van der Waals surface area (Å²) in [6.07, 6.45) is 5.85. The molecule has 2 N–H and O–H groups in total. The number of aromatic nitrogens is 3. The van der Waals surface area contributed by atoms with E-state index in [1.165, 1.54) is 24.5 Å². The third kappa shape index (κ3) is 5.84. The number of Topliss-reactive ketones (excluding diaryl/α,β-unsaturated/α-hetero) is 1. The van der Waals surface area contributed by atoms with Gasteiger partial charge in [0.2, 0.25) is 0 Å². The van der Waals surface area contributed by atoms with Crippen molar-refractivity contribution < 1.29 is 32.9 Å². The molecule has 3 aromatic heterocycles. The summed E-state index contributed by atoms with van der Waals surface area (Å²) < 4.78 is 50.4. The van der Waals surface area contributed by atoms with E-state index < -0.39 is 46.2 Å². The Morgan fingerprint density at radius 1 is 0.976 bits per heavy atom. The molecular weight excluding hydrogens is 535 g/mol. The molecule has 4 atom stereocenters. The lowest BCUT2D eigenvalue weighted by Crippen LogP contribution is -2.49. The maximum Gasteiger partial charge on any atom is 0.185 e. The van der Waals surface area contributed by atoms with Gasteiger partial charge in [0.1, 0.15) is 40.3 Å². The Bertz CT molecular complexity index is 1550. The van der Waals surface area contributed by atoms with Gasteiger partial charge in [-0.05, 0) is 73.1 Å². The quantitative estimate of drug-likeness (QED) is 0.274. The Labute approximate surface area is 234 Å². The van der Waals surface area contributed by atoms with Crippen LogP contribution in [0.2, 0.25) is 0 Å². The van der Waals surface area contributed by atoms with Crippen molar-refractivity contribution in [2.24, 2.45) is 5.92 Å². The van der Waals surface area contributed by atoms with E-state index >= 15 is 8.78 Å². The zero-order valence-corrected chi connectivity index (χ0v) is 22.4. The van der Waals surface area contributed by atoms with Gasteiger partial charge in [0, 0.05) is 43.3 Å². The van der Waals surface area contributed by atoms with Gasteiger partial charge in [-0.2, -0.15) is 0 Å². The van der Waals surface area contributed by atoms with Crippen molar-refractivity contribution in [2.75, 3.05) is 0 Å². The van der Waals surface area contributed by atoms with Crippen molar-refractivity contribution in [1.82, 2.24) is 15.0 Å². The molecule has 0 saturated heterocycles. The first-order valence-corrected chi connectivity index (χ1v) is 13.1. The minimum atomic E-state index is -1.22. The van der Waals surface area contributed by atoms with Crippen LogP contribution < -0.4 is 4.74 Å². The summed E-state index contributed by atoms with van der Waals surface area (Å²) in [7, 11) is 0. The van der Waals surface area contributed by atoms with Crippen LogP contribution in [-0.2, 0) is 6.42 Å². The maximum absolute atomic E-state index is 15.1. The molecule has 1 aliphatic rings. The predicted molar refractivity (Wildman–Crippen MR) is 144 cm³/mol. The van der Waals surface area contributed by atoms with Gasteiger partial charge in [-0.3, -0.25) is 14.8 Å². The van der Waals surface area contributed by atoms with Crippen LogP contribution in [0.25, 0.3) is 11.3 Å². The molecule has 41 heavy (non-hydrogen) atoms. The van der Waals surface area contributed by atoms with Gasteiger partial charge in [-0.1, -0.05) is 6.92 Å². The van der Waals surface area contributed by atoms with Crippen molar-refractivity contribution in [3.05, 3.63) is 102 Å². The third-order valence-corrected chi connectivity index (χ3v) is 7.82. The summed E-state index contributed by atoms with van der Waals surface area (Å²) in [4.78, 5) is 25.3. The molecular formula is C31H28F3N3O4. The van der Waals surface area contributed by atoms with Crippen LogP contribution in [0.4, 0.5) is 13.2 Å². The average Bonchev–Trinajstić information content (AvgIpc) is 2.93. The zero-order chi connectivity index (χ0) is 29.3. The fourth-order valence-electron chi connectivity index (χ4n) is 5.25. The minimum Gasteiger partial charge on any atom is -0.457 e. The first-order chi connectivity index (χ1) is 19.5. The van der Waals surface area contributed by atoms with Crippen LogP contribution in [0.3, 0.4) is 0 Å². The number of ketones is 1. The second kappa shape index (κ2) is 11.4. The van der Waals surface area contributed by atoms with Gasteiger partial charge in [0.15, 0.2) is 5.78 Å². The van der Waals surface area contributed by atoms with Crippen LogP contribution >= 0.6 is 0 Å². The summed E-state index contributed by atoms with van der Waals surface area (Å²) in [5.74, 6) is -3.88. The fraction of sp³-hybridized carbons (Fsp3) is 0.290. The van der Waals surface area contributed by atoms with Crippen LogP contribution in [0.1, 0.15) is 54.2 Å². The van der Waals surface area contributed by atoms with Crippen molar-refractivity contribution in [3.8, 4) is 22.8 Å². The van der Waals surface area contributed by atoms with Crippen LogP contribution in [0, 0.1) is 23.4 Å². The number of carbonyl (C=O) groups excluding carboxylic acids is 1. The third-order valence-electron chi connectivity index (χ3n) is 7.82. The molecule has 212 valence electrons. The zero-order valence-electron chi connectivity index (χ0n) is 22.4. The first kappa shape index (κ1) is 28.4. The lowest BCUT2D eigenvalue weighted by molar-refractivity contribution is -0.123. The number of halogens is 3. The Morgan fingerprint density at radius 2 is 1.66 bits per heavy atom. The lowest BCUT2D eigenvalue weighted by Gasteiger charge is -2.43. The number of aliphatic hydroxyl groups excluding tert-OH is 1. The molecule has 0 radical (unpaired) electrons. The number of carbonyl (C=O) groups is 1. The number of benzene rings is 1. The highest BCUT2D eigenvalue weighted by molar-refractivity contribution is 5.96. The van der Waals surface area contributed by atoms with E-state index in [1.54, 1.807) is 25.4 Å². The number of nitrogens with zero attached hydrogens (tertiary/aromatic N) is 3. The largest absolute Gasteiger partial charge is 0.457 e. The molecule has 10 heteroatoms. The highest BCUT2D eigenvalue weighted by Gasteiger charge is 2.43. The Kier molecular flexibility index (Phi) is 7.88. The van der Waals surface area contributed by atoms with E-state index in [2.05, 4.69) is 15.0 Å². The molecule has 0 spiro atoms. The van der Waals surface area contributed by atoms with Gasteiger partial charge in [0.05, 0.1) is 17.3 Å². The van der Waals surface area contributed by atoms with E-state index in [9.17, 15) is 19.4 Å². The predicted octanol–water partition coefficient (Wildman–Crippen LogP) is 5.80. The molecule has 3 heterocycles. The number of pyridine rings is 3. The van der Waals surface area contributed by atoms with Gasteiger partial charge >= 0.3 is 0 Å². The van der Waals surface area contributed by atoms with E-state index in [1.807, 2.05) is 6.92 Å². The molecule has 1 saturated carbocycles. The van der Waals surface area contributed by atoms with Crippen molar-refractivity contribution >= 4 is 5.78 Å². The molecule has 0 unspecified atom stereocenters. The number of hydrogen-bond donors (Lipinski definition) is 2. The fourth-order valence-corrected chi connectivity index (χ4v) is 5.25. The molecule has 1 aliphatic carbocycles. The van der Waals surface area contributed by atoms with Gasteiger partial charge in [0.25, 0.3) is 0 Å². The normalized spacial score (nSPS) is 22.4. The highest BCUT2D eigenvalue weighted by atomic mass is 19.1. The summed E-state index contributed by atoms with van der Waals surface area (Å²) >= 11 is 0. The van der Waals surface area contributed by atoms with Crippen LogP contribution in [-0.4, -0.2) is 42.7 Å². The van der Waals surface area contributed by atoms with Crippen molar-refractivity contribution in [3.63, 3.8) is 0 Å². The smallest absolute Gasteiger partial charge is 0.185 e. The number of aliphatic hydroxyl groups is 2. The number of rotatable bonds is 7. The van der Waals surface area contributed by atoms with E-state index in [0.717, 1.165) is 29.8 Å². The molecule has 0 aliphatic heterocycles. The first-order valence-electron chi connectivity index (χ1n) is 13.1. The van der Waals surface area contributed by atoms with Crippen LogP contribution in [0.5, 0.6) is 11.5 Å². The summed E-state index contributed by atoms with van der Waals surface area (Å²) in [5.41, 5.74) is -1.36. The second-order valence-corrected chi connectivity index (χ2v) is 10.6. The molecule has 1 fully saturated rings. The molecule has 5 rings (SSSR count). The summed E-state index contributed by atoms with van der Waals surface area (Å²) in [6.45, 7) is 3.47. The summed E-state index contributed by atoms with van der Waals surface area (Å²) in [5, 5.41) is 21.1. The molecule has 1 aromatic carbocycles. The second-order valence-electron chi connectivity index (χ2n) is 10.6. The molecule has 7 nitrogen and oxygen atoms in total. The minimum absolute atomic E-state index is 0.126. The van der Waals surface area contributed by atoms with E-state index in [4.69, 9.17) is 4.74 Å². The molecule has 0 amide bonds. The Hall–Kier alpha value is -4.15. The van der Waals surface area contributed by atoms with Crippen molar-refractivity contribution in [1.29, 1.82) is 0 Å². The standard InChI is InChI=1S/C31H28F3N3O4/c1-17-11-18(13-28(39)31(17,2)40)22-7-10-36-16-19(22)12-27(38)26-4-3-23(32)30(37-26)29-24(33)14-21(15-25(29)34)41-20-5-8-35-9-6-20/h3-10,14-18,28,39-40H,11-13H2,1-2H3/t17-,18+,28+,31+/m0/s1. The van der Waals surface area contributed by atoms with Crippen LogP contribution in [0.15, 0.2) is 67.3 Å². The number of hydrogen-bond acceptors (Lipinski definition) is 7. The van der Waals surface area contributed by atoms with Gasteiger partial charge in [-0.15, -0.1) is 0 Å². The molecule has 4 aromatic rings. The van der Waals surface area contributed by atoms with Gasteiger partial charge < -0.3 is 14.9 Å². The lowest BCUT2D eigenvalue weighted by atomic mass is 9.68. The van der Waals surface area contributed by atoms with E-state index in [0.29, 0.717) is 24.2 Å². The Morgan fingerprint density at radius 3 is 2.34 bits per heavy atom. The highest BCUT2D eigenvalue weighted by Crippen LogP contribution is 2.42. The average molecular weight is 564 g/mol. The van der Waals surface area contributed by atoms with Crippen molar-refractivity contribution in [2.45, 2.75) is 50.7 Å². The molecule has 0 bridgehead atoms. The maximum atomic E-state index is 15.1. The van der Waals surface area contributed by atoms with Gasteiger partial charge in [-0.25, -0.2) is 18.2 Å². The Balaban J connectivity index is 1.41. The number of ether oxygens (including phenoxy) is 1.